The topological polar surface area (TPSA) is 64.5 Å². The van der Waals surface area contributed by atoms with E-state index in [1.807, 2.05) is 36.4 Å². The van der Waals surface area contributed by atoms with E-state index in [4.69, 9.17) is 0 Å². The minimum Gasteiger partial charge on any atom is -0.395 e. The van der Waals surface area contributed by atoms with Crippen LogP contribution in [0, 0.1) is 11.8 Å². The Morgan fingerprint density at radius 2 is 0.929 bits per heavy atom. The van der Waals surface area contributed by atoms with Gasteiger partial charge in [-0.05, 0) is 23.0 Å². The molecule has 2 aromatic rings. The van der Waals surface area contributed by atoms with Crippen LogP contribution in [-0.2, 0) is 0 Å². The standard InChI is InChI=1S/C24H36N2O2/c1-17(2)21(15-27)25-23(19-11-7-5-8-12-19)24(20-13-9-6-10-14-20)26-22(16-28)18(3)4/h5-14,17-18,21-28H,15-16H2,1-4H3/t21-,22-,23-,24+/m1/s1. The summed E-state index contributed by atoms with van der Waals surface area (Å²) in [5.74, 6) is 0.595. The Bertz CT molecular complexity index is 601. The number of aliphatic hydroxyl groups is 2. The van der Waals surface area contributed by atoms with E-state index in [1.54, 1.807) is 0 Å². The van der Waals surface area contributed by atoms with Gasteiger partial charge in [0, 0.05) is 12.1 Å². The van der Waals surface area contributed by atoms with E-state index < -0.39 is 0 Å². The van der Waals surface area contributed by atoms with E-state index >= 15 is 0 Å². The summed E-state index contributed by atoms with van der Waals surface area (Å²) >= 11 is 0. The van der Waals surface area contributed by atoms with Gasteiger partial charge in [-0.3, -0.25) is 0 Å². The van der Waals surface area contributed by atoms with Crippen molar-refractivity contribution in [1.82, 2.24) is 10.6 Å². The van der Waals surface area contributed by atoms with Crippen LogP contribution in [0.3, 0.4) is 0 Å². The van der Waals surface area contributed by atoms with Gasteiger partial charge in [0.1, 0.15) is 0 Å². The highest BCUT2D eigenvalue weighted by Crippen LogP contribution is 2.31. The first-order valence-electron chi connectivity index (χ1n) is 10.3. The van der Waals surface area contributed by atoms with Gasteiger partial charge in [-0.1, -0.05) is 88.4 Å². The van der Waals surface area contributed by atoms with Crippen molar-refractivity contribution in [2.24, 2.45) is 11.8 Å². The predicted octanol–water partition coefficient (Wildman–Crippen LogP) is 3.68. The molecule has 0 radical (unpaired) electrons. The molecule has 0 fully saturated rings. The normalized spacial score (nSPS) is 16.1. The molecule has 0 unspecified atom stereocenters. The van der Waals surface area contributed by atoms with Crippen LogP contribution in [0.2, 0.25) is 0 Å². The van der Waals surface area contributed by atoms with Crippen LogP contribution in [0.1, 0.15) is 50.9 Å². The molecular weight excluding hydrogens is 348 g/mol. The first-order valence-corrected chi connectivity index (χ1v) is 10.3. The Hall–Kier alpha value is -1.72. The van der Waals surface area contributed by atoms with E-state index in [-0.39, 0.29) is 37.4 Å². The molecule has 0 heterocycles. The molecule has 0 saturated heterocycles. The van der Waals surface area contributed by atoms with E-state index in [9.17, 15) is 10.2 Å². The van der Waals surface area contributed by atoms with Gasteiger partial charge in [0.05, 0.1) is 25.3 Å². The number of aliphatic hydroxyl groups excluding tert-OH is 2. The largest absolute Gasteiger partial charge is 0.395 e. The molecule has 2 aromatic carbocycles. The van der Waals surface area contributed by atoms with Crippen molar-refractivity contribution in [2.45, 2.75) is 51.9 Å². The fourth-order valence-corrected chi connectivity index (χ4v) is 3.46. The Morgan fingerprint density at radius 1 is 0.607 bits per heavy atom. The lowest BCUT2D eigenvalue weighted by Crippen LogP contribution is -2.48. The fraction of sp³-hybridized carbons (Fsp3) is 0.500. The third-order valence-corrected chi connectivity index (χ3v) is 5.44. The summed E-state index contributed by atoms with van der Waals surface area (Å²) in [6.45, 7) is 8.63. The van der Waals surface area contributed by atoms with Crippen LogP contribution < -0.4 is 10.6 Å². The number of hydrogen-bond acceptors (Lipinski definition) is 4. The maximum Gasteiger partial charge on any atom is 0.0587 e. The minimum atomic E-state index is -0.0454. The maximum absolute atomic E-state index is 9.94. The molecule has 4 nitrogen and oxygen atoms in total. The lowest BCUT2D eigenvalue weighted by atomic mass is 9.89. The molecule has 28 heavy (non-hydrogen) atoms. The van der Waals surface area contributed by atoms with Gasteiger partial charge in [-0.15, -0.1) is 0 Å². The lowest BCUT2D eigenvalue weighted by Gasteiger charge is -2.37. The van der Waals surface area contributed by atoms with E-state index in [0.717, 1.165) is 11.1 Å². The molecule has 0 aliphatic carbocycles. The first kappa shape index (κ1) is 22.6. The molecule has 0 aliphatic heterocycles. The van der Waals surface area contributed by atoms with Crippen LogP contribution in [0.25, 0.3) is 0 Å². The molecule has 0 aromatic heterocycles. The van der Waals surface area contributed by atoms with E-state index in [2.05, 4.69) is 62.6 Å². The van der Waals surface area contributed by atoms with Gasteiger partial charge in [-0.25, -0.2) is 0 Å². The second-order valence-corrected chi connectivity index (χ2v) is 8.18. The second kappa shape index (κ2) is 11.3. The van der Waals surface area contributed by atoms with Crippen LogP contribution in [0.5, 0.6) is 0 Å². The lowest BCUT2D eigenvalue weighted by molar-refractivity contribution is 0.165. The number of benzene rings is 2. The average molecular weight is 385 g/mol. The van der Waals surface area contributed by atoms with Gasteiger partial charge in [0.25, 0.3) is 0 Å². The second-order valence-electron chi connectivity index (χ2n) is 8.18. The molecular formula is C24H36N2O2. The molecule has 0 saturated carbocycles. The average Bonchev–Trinajstić information content (AvgIpc) is 2.71. The highest BCUT2D eigenvalue weighted by Gasteiger charge is 2.30. The summed E-state index contributed by atoms with van der Waals surface area (Å²) in [5, 5.41) is 27.3. The monoisotopic (exact) mass is 384 g/mol. The quantitative estimate of drug-likeness (QED) is 0.477. The summed E-state index contributed by atoms with van der Waals surface area (Å²) in [4.78, 5) is 0. The Kier molecular flexibility index (Phi) is 9.13. The molecule has 4 atom stereocenters. The molecule has 4 heteroatoms. The molecule has 0 amide bonds. The molecule has 0 aliphatic rings. The van der Waals surface area contributed by atoms with Gasteiger partial charge in [0.15, 0.2) is 0 Å². The van der Waals surface area contributed by atoms with Gasteiger partial charge >= 0.3 is 0 Å². The molecule has 2 rings (SSSR count). The predicted molar refractivity (Wildman–Crippen MR) is 116 cm³/mol. The smallest absolute Gasteiger partial charge is 0.0587 e. The van der Waals surface area contributed by atoms with Crippen molar-refractivity contribution in [2.75, 3.05) is 13.2 Å². The van der Waals surface area contributed by atoms with Crippen molar-refractivity contribution < 1.29 is 10.2 Å². The van der Waals surface area contributed by atoms with Gasteiger partial charge < -0.3 is 20.8 Å². The van der Waals surface area contributed by atoms with Crippen molar-refractivity contribution in [1.29, 1.82) is 0 Å². The van der Waals surface area contributed by atoms with E-state index in [0.29, 0.717) is 11.8 Å². The Balaban J connectivity index is 2.47. The maximum atomic E-state index is 9.94. The zero-order chi connectivity index (χ0) is 20.5. The zero-order valence-corrected chi connectivity index (χ0v) is 17.5. The summed E-state index contributed by atoms with van der Waals surface area (Å²) in [7, 11) is 0. The third kappa shape index (κ3) is 6.14. The minimum absolute atomic E-state index is 0.0233. The van der Waals surface area contributed by atoms with Crippen LogP contribution in [-0.4, -0.2) is 35.5 Å². The van der Waals surface area contributed by atoms with Crippen molar-refractivity contribution in [3.8, 4) is 0 Å². The summed E-state index contributed by atoms with van der Waals surface area (Å²) < 4.78 is 0. The SMILES string of the molecule is CC(C)[C@@H](CO)N[C@H](c1ccccc1)[C@@H](N[C@H](CO)C(C)C)c1ccccc1. The third-order valence-electron chi connectivity index (χ3n) is 5.44. The van der Waals surface area contributed by atoms with Crippen LogP contribution in [0.4, 0.5) is 0 Å². The number of hydrogen-bond donors (Lipinski definition) is 4. The Morgan fingerprint density at radius 3 is 1.18 bits per heavy atom. The number of nitrogens with one attached hydrogen (secondary N) is 2. The van der Waals surface area contributed by atoms with Crippen LogP contribution >= 0.6 is 0 Å². The van der Waals surface area contributed by atoms with Gasteiger partial charge in [-0.2, -0.15) is 0 Å². The number of rotatable bonds is 11. The van der Waals surface area contributed by atoms with Crippen molar-refractivity contribution in [3.05, 3.63) is 71.8 Å². The highest BCUT2D eigenvalue weighted by molar-refractivity contribution is 5.28. The summed E-state index contributed by atoms with van der Waals surface area (Å²) in [6, 6.07) is 20.5. The van der Waals surface area contributed by atoms with Crippen LogP contribution in [0.15, 0.2) is 60.7 Å². The zero-order valence-electron chi connectivity index (χ0n) is 17.5. The van der Waals surface area contributed by atoms with Crippen molar-refractivity contribution >= 4 is 0 Å². The molecule has 4 N–H and O–H groups in total. The summed E-state index contributed by atoms with van der Waals surface area (Å²) in [6.07, 6.45) is 0. The highest BCUT2D eigenvalue weighted by atomic mass is 16.3. The molecule has 154 valence electrons. The molecule has 0 spiro atoms. The van der Waals surface area contributed by atoms with E-state index in [1.165, 1.54) is 0 Å². The van der Waals surface area contributed by atoms with Crippen molar-refractivity contribution in [3.63, 3.8) is 0 Å². The summed E-state index contributed by atoms with van der Waals surface area (Å²) in [5.41, 5.74) is 2.31. The fourth-order valence-electron chi connectivity index (χ4n) is 3.46. The van der Waals surface area contributed by atoms with Gasteiger partial charge in [0.2, 0.25) is 0 Å². The molecule has 0 bridgehead atoms. The first-order chi connectivity index (χ1) is 13.5. The Labute approximate surface area is 170 Å².